The van der Waals surface area contributed by atoms with E-state index >= 15 is 0 Å². The molecule has 0 spiro atoms. The minimum absolute atomic E-state index is 0.344. The highest BCUT2D eigenvalue weighted by Gasteiger charge is 1.90. The lowest BCUT2D eigenvalue weighted by Gasteiger charge is -1.94. The normalized spacial score (nSPS) is 10.7. The lowest BCUT2D eigenvalue weighted by molar-refractivity contribution is 0.138. The molecule has 0 fully saturated rings. The molecule has 0 aromatic carbocycles. The summed E-state index contributed by atoms with van der Waals surface area (Å²) in [5, 5.41) is 17.4. The fourth-order valence-electron chi connectivity index (χ4n) is 1.21. The molecule has 0 bridgehead atoms. The molecule has 3 heteroatoms. The predicted octanol–water partition coefficient (Wildman–Crippen LogP) is 2.60. The highest BCUT2D eigenvalue weighted by atomic mass is 79.9. The van der Waals surface area contributed by atoms with Gasteiger partial charge in [-0.3, -0.25) is 0 Å². The van der Waals surface area contributed by atoms with Crippen molar-refractivity contribution in [3.63, 3.8) is 0 Å². The van der Waals surface area contributed by atoms with Gasteiger partial charge in [-0.1, -0.05) is 52.5 Å². The number of halogens is 1. The summed E-state index contributed by atoms with van der Waals surface area (Å²) in [5.41, 5.74) is 0. The summed E-state index contributed by atoms with van der Waals surface area (Å²) >= 11 is 3.16. The van der Waals surface area contributed by atoms with Crippen LogP contribution in [0, 0.1) is 35.5 Å². The van der Waals surface area contributed by atoms with Gasteiger partial charge in [0.1, 0.15) is 6.10 Å². The van der Waals surface area contributed by atoms with Gasteiger partial charge in [0.2, 0.25) is 0 Å². The predicted molar refractivity (Wildman–Crippen MR) is 82.2 cm³/mol. The summed E-state index contributed by atoms with van der Waals surface area (Å²) in [7, 11) is 0. The molecule has 0 saturated carbocycles. The molecule has 2 N–H and O–H groups in total. The van der Waals surface area contributed by atoms with E-state index < -0.39 is 6.10 Å². The first kappa shape index (κ1) is 17.8. The molecule has 0 amide bonds. The topological polar surface area (TPSA) is 40.5 Å². The van der Waals surface area contributed by atoms with E-state index in [9.17, 15) is 0 Å². The molecule has 0 saturated heterocycles. The summed E-state index contributed by atoms with van der Waals surface area (Å²) < 4.78 is 0. The molecular weight excluding hydrogens is 304 g/mol. The maximum Gasteiger partial charge on any atom is 0.138 e. The molecule has 19 heavy (non-hydrogen) atoms. The highest BCUT2D eigenvalue weighted by molar-refractivity contribution is 9.11. The average Bonchev–Trinajstić information content (AvgIpc) is 2.43. The van der Waals surface area contributed by atoms with E-state index in [1.54, 1.807) is 11.1 Å². The van der Waals surface area contributed by atoms with Gasteiger partial charge in [0, 0.05) is 12.8 Å². The lowest BCUT2D eigenvalue weighted by Crippen LogP contribution is -2.07. The Bertz CT molecular complexity index is 421. The second kappa shape index (κ2) is 14.9. The van der Waals surface area contributed by atoms with E-state index in [1.165, 1.54) is 6.42 Å². The number of unbranched alkanes of at least 4 members (excludes halogenated alkanes) is 5. The smallest absolute Gasteiger partial charge is 0.138 e. The van der Waals surface area contributed by atoms with Crippen molar-refractivity contribution in [1.29, 1.82) is 0 Å². The fourth-order valence-corrected chi connectivity index (χ4v) is 1.35. The fraction of sp³-hybridized carbons (Fsp3) is 0.500. The molecule has 0 unspecified atom stereocenters. The number of hydrogen-bond acceptors (Lipinski definition) is 2. The van der Waals surface area contributed by atoms with Crippen molar-refractivity contribution in [2.24, 2.45) is 0 Å². The summed E-state index contributed by atoms with van der Waals surface area (Å²) in [6.07, 6.45) is 7.07. The van der Waals surface area contributed by atoms with Crippen molar-refractivity contribution >= 4 is 15.9 Å². The molecule has 0 radical (unpaired) electrons. The summed E-state index contributed by atoms with van der Waals surface area (Å²) in [5.74, 6) is 16.5. The first-order chi connectivity index (χ1) is 9.31. The lowest BCUT2D eigenvalue weighted by atomic mass is 10.1. The van der Waals surface area contributed by atoms with Gasteiger partial charge in [-0.2, -0.15) is 0 Å². The van der Waals surface area contributed by atoms with E-state index in [2.05, 4.69) is 51.5 Å². The molecule has 1 atom stereocenters. The van der Waals surface area contributed by atoms with Crippen molar-refractivity contribution in [3.8, 4) is 35.5 Å². The highest BCUT2D eigenvalue weighted by Crippen LogP contribution is 2.04. The second-order valence-corrected chi connectivity index (χ2v) is 4.33. The molecule has 0 heterocycles. The van der Waals surface area contributed by atoms with Crippen LogP contribution in [0.2, 0.25) is 0 Å². The SMILES string of the molecule is OC[C@H](O)C#CC#CCCCCCCC#CC=CBr. The quantitative estimate of drug-likeness (QED) is 0.583. The van der Waals surface area contributed by atoms with Gasteiger partial charge in [-0.25, -0.2) is 0 Å². The van der Waals surface area contributed by atoms with Crippen LogP contribution in [0.25, 0.3) is 0 Å². The van der Waals surface area contributed by atoms with Gasteiger partial charge in [0.05, 0.1) is 6.61 Å². The van der Waals surface area contributed by atoms with Gasteiger partial charge >= 0.3 is 0 Å². The Labute approximate surface area is 124 Å². The molecule has 0 aliphatic carbocycles. The second-order valence-electron chi connectivity index (χ2n) is 3.80. The van der Waals surface area contributed by atoms with Crippen LogP contribution >= 0.6 is 15.9 Å². The standard InChI is InChI=1S/C16H19BrO2/c17-14-12-10-8-6-4-2-1-3-5-7-9-11-13-16(19)15-18/h12,14,16,18-19H,1-6,15H2/t16-/m1/s1. The Balaban J connectivity index is 3.43. The van der Waals surface area contributed by atoms with Gasteiger partial charge in [-0.15, -0.1) is 0 Å². The molecule has 0 rings (SSSR count). The summed E-state index contributed by atoms with van der Waals surface area (Å²) in [4.78, 5) is 1.75. The maximum atomic E-state index is 8.93. The maximum absolute atomic E-state index is 8.93. The molecule has 0 aromatic rings. The zero-order valence-electron chi connectivity index (χ0n) is 11.0. The molecular formula is C16H19BrO2. The van der Waals surface area contributed by atoms with Crippen LogP contribution in [0.3, 0.4) is 0 Å². The number of rotatable bonds is 6. The Kier molecular flexibility index (Phi) is 14.0. The van der Waals surface area contributed by atoms with Gasteiger partial charge in [-0.05, 0) is 35.7 Å². The average molecular weight is 323 g/mol. The Hall–Kier alpha value is -1.18. The van der Waals surface area contributed by atoms with Crippen molar-refractivity contribution in [2.75, 3.05) is 6.61 Å². The van der Waals surface area contributed by atoms with E-state index in [1.807, 2.05) is 0 Å². The first-order valence-electron chi connectivity index (χ1n) is 6.32. The van der Waals surface area contributed by atoms with Gasteiger partial charge in [0.25, 0.3) is 0 Å². The Morgan fingerprint density at radius 1 is 1.00 bits per heavy atom. The van der Waals surface area contributed by atoms with E-state index in [0.717, 1.165) is 32.1 Å². The molecule has 0 aliphatic rings. The number of aliphatic hydroxyl groups excluding tert-OH is 2. The Morgan fingerprint density at radius 2 is 1.68 bits per heavy atom. The Morgan fingerprint density at radius 3 is 2.32 bits per heavy atom. The van der Waals surface area contributed by atoms with E-state index in [0.29, 0.717) is 0 Å². The molecule has 2 nitrogen and oxygen atoms in total. The summed E-state index contributed by atoms with van der Waals surface area (Å²) in [6.45, 7) is -0.344. The molecule has 102 valence electrons. The van der Waals surface area contributed by atoms with Crippen LogP contribution in [-0.2, 0) is 0 Å². The molecule has 0 aliphatic heterocycles. The van der Waals surface area contributed by atoms with Gasteiger partial charge < -0.3 is 10.2 Å². The largest absolute Gasteiger partial charge is 0.393 e. The van der Waals surface area contributed by atoms with Crippen LogP contribution in [0.1, 0.15) is 38.5 Å². The van der Waals surface area contributed by atoms with E-state index in [4.69, 9.17) is 10.2 Å². The van der Waals surface area contributed by atoms with Crippen molar-refractivity contribution in [3.05, 3.63) is 11.1 Å². The number of aliphatic hydroxyl groups is 2. The van der Waals surface area contributed by atoms with Crippen LogP contribution in [0.15, 0.2) is 11.1 Å². The van der Waals surface area contributed by atoms with Crippen LogP contribution in [0.5, 0.6) is 0 Å². The molecule has 0 aromatic heterocycles. The van der Waals surface area contributed by atoms with Crippen LogP contribution in [0.4, 0.5) is 0 Å². The zero-order chi connectivity index (χ0) is 14.2. The third-order valence-electron chi connectivity index (χ3n) is 2.16. The van der Waals surface area contributed by atoms with Crippen molar-refractivity contribution < 1.29 is 10.2 Å². The van der Waals surface area contributed by atoms with Crippen LogP contribution < -0.4 is 0 Å². The van der Waals surface area contributed by atoms with Crippen molar-refractivity contribution in [1.82, 2.24) is 0 Å². The summed E-state index contributed by atoms with van der Waals surface area (Å²) in [6, 6.07) is 0. The minimum Gasteiger partial charge on any atom is -0.393 e. The van der Waals surface area contributed by atoms with Gasteiger partial charge in [0.15, 0.2) is 0 Å². The van der Waals surface area contributed by atoms with E-state index in [-0.39, 0.29) is 6.61 Å². The number of hydrogen-bond donors (Lipinski definition) is 2. The third-order valence-corrected chi connectivity index (χ3v) is 2.43. The third kappa shape index (κ3) is 14.8. The monoisotopic (exact) mass is 322 g/mol. The van der Waals surface area contributed by atoms with Crippen molar-refractivity contribution in [2.45, 2.75) is 44.6 Å². The number of allylic oxidation sites excluding steroid dienone is 1. The minimum atomic E-state index is -0.977. The first-order valence-corrected chi connectivity index (χ1v) is 7.23. The zero-order valence-corrected chi connectivity index (χ0v) is 12.5. The van der Waals surface area contributed by atoms with Crippen LogP contribution in [-0.4, -0.2) is 22.9 Å².